The summed E-state index contributed by atoms with van der Waals surface area (Å²) in [7, 11) is 0. The summed E-state index contributed by atoms with van der Waals surface area (Å²) in [6.07, 6.45) is 0. The van der Waals surface area contributed by atoms with Crippen molar-refractivity contribution < 1.29 is 0 Å². The maximum Gasteiger partial charge on any atom is -0.0152 e. The molecule has 0 fully saturated rings. The molecule has 0 aliphatic rings. The predicted octanol–water partition coefficient (Wildman–Crippen LogP) is 28.8. The Kier molecular flexibility index (Phi) is 26.1. The Bertz CT molecular complexity index is 4960. The van der Waals surface area contributed by atoms with Crippen molar-refractivity contribution in [3.63, 3.8) is 0 Å². The summed E-state index contributed by atoms with van der Waals surface area (Å²) < 4.78 is 0. The van der Waals surface area contributed by atoms with Crippen LogP contribution in [0.1, 0.15) is 66.8 Å². The van der Waals surface area contributed by atoms with Crippen LogP contribution in [0.2, 0.25) is 0 Å². The lowest BCUT2D eigenvalue weighted by Gasteiger charge is -2.09. The van der Waals surface area contributed by atoms with E-state index < -0.39 is 0 Å². The molecule has 0 saturated heterocycles. The molecule has 102 heavy (non-hydrogen) atoms. The highest BCUT2D eigenvalue weighted by atomic mass is 14.1. The Balaban J connectivity index is 0.000000133. The first-order valence-corrected chi connectivity index (χ1v) is 35.6. The van der Waals surface area contributed by atoms with E-state index in [9.17, 15) is 0 Å². The van der Waals surface area contributed by atoms with Crippen LogP contribution in [0.15, 0.2) is 364 Å². The minimum Gasteiger partial charge on any atom is -0.0622 e. The van der Waals surface area contributed by atoms with Gasteiger partial charge >= 0.3 is 0 Å². The molecule has 0 amide bonds. The van der Waals surface area contributed by atoms with Crippen LogP contribution in [0.5, 0.6) is 0 Å². The fourth-order valence-corrected chi connectivity index (χ4v) is 12.5. The molecule has 0 heterocycles. The topological polar surface area (TPSA) is 0 Å². The molecule has 0 bridgehead atoms. The van der Waals surface area contributed by atoms with Crippen molar-refractivity contribution in [2.45, 2.75) is 83.1 Å². The Morgan fingerprint density at radius 3 is 0.667 bits per heavy atom. The van der Waals surface area contributed by atoms with E-state index in [4.69, 9.17) is 0 Å². The van der Waals surface area contributed by atoms with Crippen LogP contribution in [0.25, 0.3) is 100 Å². The lowest BCUT2D eigenvalue weighted by Crippen LogP contribution is -1.85. The molecule has 504 valence electrons. The second-order valence-electron chi connectivity index (χ2n) is 26.9. The maximum absolute atomic E-state index is 2.27. The summed E-state index contributed by atoms with van der Waals surface area (Å²) >= 11 is 0. The predicted molar refractivity (Wildman–Crippen MR) is 444 cm³/mol. The van der Waals surface area contributed by atoms with E-state index in [1.54, 1.807) is 0 Å². The monoisotopic (exact) mass is 1320 g/mol. The van der Waals surface area contributed by atoms with Gasteiger partial charge in [0.2, 0.25) is 0 Å². The molecule has 0 N–H and O–H groups in total. The van der Waals surface area contributed by atoms with Crippen LogP contribution in [0.3, 0.4) is 0 Å². The summed E-state index contributed by atoms with van der Waals surface area (Å²) in [4.78, 5) is 0. The summed E-state index contributed by atoms with van der Waals surface area (Å²) in [6.45, 7) is 25.6. The number of rotatable bonds is 9. The third kappa shape index (κ3) is 21.2. The van der Waals surface area contributed by atoms with Crippen LogP contribution in [0, 0.1) is 83.1 Å². The average molecular weight is 1320 g/mol. The van der Waals surface area contributed by atoms with Crippen LogP contribution < -0.4 is 0 Å². The molecule has 15 rings (SSSR count). The van der Waals surface area contributed by atoms with E-state index in [-0.39, 0.29) is 0 Å². The first-order valence-electron chi connectivity index (χ1n) is 35.6. The molecule has 0 aromatic heterocycles. The van der Waals surface area contributed by atoms with E-state index in [1.165, 1.54) is 167 Å². The number of hydrogen-bond donors (Lipinski definition) is 0. The number of benzene rings is 15. The van der Waals surface area contributed by atoms with Gasteiger partial charge in [-0.3, -0.25) is 0 Å². The molecule has 0 atom stereocenters. The SMILES string of the molecule is Cc1ccc(-c2cc(C)cc(-c3ccccc3)c2)cc1.Cc1ccc(-c2cccc(-c3ccc(C)cc3)c2)cc1.Cc1ccc(-c2ccccc2C)cc1.Cc1cccc(-c2cccc(-c3cccc(C)c3)c2)c1.Cc1cccc(-c2ccccc2C)c1.Cc1ccccc1-c1ccccc1C. The Morgan fingerprint density at radius 1 is 0.108 bits per heavy atom. The zero-order valence-corrected chi connectivity index (χ0v) is 61.6. The third-order valence-electron chi connectivity index (χ3n) is 18.3. The van der Waals surface area contributed by atoms with E-state index >= 15 is 0 Å². The average Bonchev–Trinajstić information content (AvgIpc) is 0.830. The van der Waals surface area contributed by atoms with Gasteiger partial charge in [-0.2, -0.15) is 0 Å². The van der Waals surface area contributed by atoms with Crippen LogP contribution in [-0.4, -0.2) is 0 Å². The molecule has 0 aliphatic heterocycles. The molecule has 15 aromatic carbocycles. The summed E-state index contributed by atoms with van der Waals surface area (Å²) in [5.41, 5.74) is 38.9. The lowest BCUT2D eigenvalue weighted by molar-refractivity contribution is 1.41. The van der Waals surface area contributed by atoms with Crippen molar-refractivity contribution in [1.82, 2.24) is 0 Å². The van der Waals surface area contributed by atoms with Crippen molar-refractivity contribution in [2.75, 3.05) is 0 Å². The Labute approximate surface area is 610 Å². The van der Waals surface area contributed by atoms with Gasteiger partial charge in [-0.05, 0) is 229 Å². The number of aryl methyl sites for hydroxylation is 12. The van der Waals surface area contributed by atoms with E-state index in [0.717, 1.165) is 0 Å². The zero-order valence-electron chi connectivity index (χ0n) is 61.6. The zero-order chi connectivity index (χ0) is 71.7. The highest BCUT2D eigenvalue weighted by Gasteiger charge is 2.08. The highest BCUT2D eigenvalue weighted by molar-refractivity contribution is 5.77. The van der Waals surface area contributed by atoms with E-state index in [1.807, 2.05) is 0 Å². The fraction of sp³-hybridized carbons (Fsp3) is 0.118. The van der Waals surface area contributed by atoms with Gasteiger partial charge < -0.3 is 0 Å². The molecule has 0 saturated carbocycles. The van der Waals surface area contributed by atoms with Gasteiger partial charge in [0.05, 0.1) is 0 Å². The van der Waals surface area contributed by atoms with Gasteiger partial charge in [0, 0.05) is 0 Å². The van der Waals surface area contributed by atoms with Gasteiger partial charge in [0.25, 0.3) is 0 Å². The minimum atomic E-state index is 1.27. The molecule has 0 nitrogen and oxygen atoms in total. The second-order valence-corrected chi connectivity index (χ2v) is 26.9. The second kappa shape index (κ2) is 36.4. The van der Waals surface area contributed by atoms with Gasteiger partial charge in [-0.15, -0.1) is 0 Å². The summed E-state index contributed by atoms with van der Waals surface area (Å²) in [5.74, 6) is 0. The van der Waals surface area contributed by atoms with Crippen LogP contribution in [-0.2, 0) is 0 Å². The molecular formula is C102H96. The standard InChI is InChI=1S/3C20H18.3C14H14/c1-15-6-3-8-17(12-15)19-10-5-11-20(14-19)18-9-4-7-16(2)13-18;1-15-6-10-17(11-7-15)19-4-3-5-20(14-19)18-12-8-16(2)9-13-18;1-15-8-10-18(11-9-15)20-13-16(2)12-19(14-20)17-6-4-3-5-7-17;1-11-7-3-5-9-13(11)14-10-6-4-8-12(14)2;1-11-6-5-8-13(10-11)14-9-4-3-7-12(14)2;1-11-7-9-13(10-8-11)14-6-4-3-5-12(14)2/h3*3-14H,1-2H3;3*3-10H,1-2H3. The van der Waals surface area contributed by atoms with Crippen molar-refractivity contribution in [1.29, 1.82) is 0 Å². The molecule has 0 radical (unpaired) electrons. The van der Waals surface area contributed by atoms with E-state index in [0.29, 0.717) is 0 Å². The largest absolute Gasteiger partial charge is 0.0622 e. The summed E-state index contributed by atoms with van der Waals surface area (Å²) in [5, 5.41) is 0. The molecule has 0 unspecified atom stereocenters. The van der Waals surface area contributed by atoms with Crippen molar-refractivity contribution in [3.8, 4) is 100 Å². The molecule has 0 aliphatic carbocycles. The minimum absolute atomic E-state index is 1.27. The van der Waals surface area contributed by atoms with Gasteiger partial charge in [-0.1, -0.05) is 385 Å². The smallest absolute Gasteiger partial charge is 0.0152 e. The Hall–Kier alpha value is -11.7. The van der Waals surface area contributed by atoms with Gasteiger partial charge in [0.15, 0.2) is 0 Å². The molecule has 0 heteroatoms. The molecule has 0 spiro atoms. The molecular weight excluding hydrogens is 1230 g/mol. The number of hydrogen-bond acceptors (Lipinski definition) is 0. The van der Waals surface area contributed by atoms with Gasteiger partial charge in [-0.25, -0.2) is 0 Å². The first kappa shape index (κ1) is 73.0. The van der Waals surface area contributed by atoms with Gasteiger partial charge in [0.1, 0.15) is 0 Å². The van der Waals surface area contributed by atoms with E-state index in [2.05, 4.69) is 447 Å². The first-order chi connectivity index (χ1) is 49.5. The maximum atomic E-state index is 2.27. The van der Waals surface area contributed by atoms with Crippen LogP contribution >= 0.6 is 0 Å². The van der Waals surface area contributed by atoms with Crippen molar-refractivity contribution in [2.24, 2.45) is 0 Å². The van der Waals surface area contributed by atoms with Crippen molar-refractivity contribution in [3.05, 3.63) is 431 Å². The highest BCUT2D eigenvalue weighted by Crippen LogP contribution is 2.33. The van der Waals surface area contributed by atoms with Crippen LogP contribution in [0.4, 0.5) is 0 Å². The Morgan fingerprint density at radius 2 is 0.324 bits per heavy atom. The quantitative estimate of drug-likeness (QED) is 0.135. The lowest BCUT2D eigenvalue weighted by atomic mass is 9.96. The third-order valence-corrected chi connectivity index (χ3v) is 18.3. The molecule has 15 aromatic rings. The fourth-order valence-electron chi connectivity index (χ4n) is 12.5. The summed E-state index contributed by atoms with van der Waals surface area (Å²) in [6, 6.07) is 129. The van der Waals surface area contributed by atoms with Crippen molar-refractivity contribution >= 4 is 0 Å². The normalized spacial score (nSPS) is 10.4.